The van der Waals surface area contributed by atoms with Crippen molar-refractivity contribution in [2.45, 2.75) is 31.4 Å². The Morgan fingerprint density at radius 1 is 0.909 bits per heavy atom. The average molecular weight is 646 g/mol. The van der Waals surface area contributed by atoms with Crippen molar-refractivity contribution in [2.75, 3.05) is 39.4 Å². The van der Waals surface area contributed by atoms with Crippen LogP contribution < -0.4 is 4.74 Å². The van der Waals surface area contributed by atoms with E-state index in [9.17, 15) is 19.5 Å². The largest absolute Gasteiger partial charge is 0.491 e. The van der Waals surface area contributed by atoms with Crippen LogP contribution in [0.15, 0.2) is 66.7 Å². The molecular weight excluding hydrogens is 611 g/mol. The molecule has 10 nitrogen and oxygen atoms in total. The minimum Gasteiger partial charge on any atom is -0.491 e. The number of hydrogen-bond donors (Lipinski definition) is 3. The van der Waals surface area contributed by atoms with E-state index in [1.54, 1.807) is 4.90 Å². The molecule has 2 aliphatic rings. The van der Waals surface area contributed by atoms with Crippen LogP contribution in [0.5, 0.6) is 5.75 Å². The summed E-state index contributed by atoms with van der Waals surface area (Å²) >= 11 is 12.2. The van der Waals surface area contributed by atoms with E-state index in [1.165, 1.54) is 29.8 Å². The number of benzene rings is 3. The van der Waals surface area contributed by atoms with Crippen molar-refractivity contribution in [3.63, 3.8) is 0 Å². The van der Waals surface area contributed by atoms with E-state index in [-0.39, 0.29) is 23.8 Å². The first-order valence-corrected chi connectivity index (χ1v) is 14.9. The normalized spacial score (nSPS) is 16.1. The molecule has 1 amide bonds. The van der Waals surface area contributed by atoms with E-state index in [1.807, 2.05) is 36.4 Å². The lowest BCUT2D eigenvalue weighted by atomic mass is 9.89. The molecule has 5 rings (SSSR count). The van der Waals surface area contributed by atoms with Gasteiger partial charge in [-0.1, -0.05) is 41.4 Å². The number of halogens is 2. The number of cyclic esters (lactones) is 1. The first kappa shape index (κ1) is 33.1. The van der Waals surface area contributed by atoms with Gasteiger partial charge in [-0.05, 0) is 91.5 Å². The van der Waals surface area contributed by atoms with Crippen molar-refractivity contribution < 1.29 is 39.2 Å². The Balaban J connectivity index is 0.000000309. The van der Waals surface area contributed by atoms with Gasteiger partial charge in [-0.3, -0.25) is 0 Å². The van der Waals surface area contributed by atoms with E-state index in [0.29, 0.717) is 48.0 Å². The van der Waals surface area contributed by atoms with Crippen LogP contribution in [-0.2, 0) is 11.3 Å². The van der Waals surface area contributed by atoms with Gasteiger partial charge in [-0.15, -0.1) is 0 Å². The first-order valence-electron chi connectivity index (χ1n) is 14.1. The highest BCUT2D eigenvalue weighted by Crippen LogP contribution is 2.32. The second-order valence-electron chi connectivity index (χ2n) is 10.6. The van der Waals surface area contributed by atoms with Gasteiger partial charge in [0.2, 0.25) is 0 Å². The predicted octanol–water partition coefficient (Wildman–Crippen LogP) is 5.65. The number of carbonyl (C=O) groups is 3. The third kappa shape index (κ3) is 9.59. The minimum atomic E-state index is -1.06. The molecule has 0 aliphatic carbocycles. The Hall–Kier alpha value is -3.83. The number of hydrogen-bond acceptors (Lipinski definition) is 7. The number of piperidine rings is 1. The molecule has 2 heterocycles. The van der Waals surface area contributed by atoms with Gasteiger partial charge in [0.25, 0.3) is 0 Å². The van der Waals surface area contributed by atoms with Gasteiger partial charge in [-0.2, -0.15) is 0 Å². The standard InChI is InChI=1S/C24H28Cl2N2O4.C8H6O4/c25-22-5-4-19(13-23(22)26)18-6-8-27(9-7-18)15-20(29)16-32-21-3-1-2-17(12-21)14-28-10-11-31-24(28)30;9-7(10)5-1-2-6(4-3-5)8(11)12/h1-5,12-13,18,20,29H,6-11,14-16H2;1-4H,(H,9,10)(H,11,12). The lowest BCUT2D eigenvalue weighted by Gasteiger charge is -2.33. The lowest BCUT2D eigenvalue weighted by molar-refractivity contribution is 0.0594. The highest BCUT2D eigenvalue weighted by atomic mass is 35.5. The molecule has 3 aromatic rings. The fraction of sp³-hybridized carbons (Fsp3) is 0.344. The third-order valence-electron chi connectivity index (χ3n) is 7.41. The summed E-state index contributed by atoms with van der Waals surface area (Å²) in [6.07, 6.45) is 1.18. The molecule has 3 N–H and O–H groups in total. The number of β-amino-alcohol motifs (C(OH)–C–C–N with tert-alkyl or cyclic N) is 1. The molecule has 0 bridgehead atoms. The summed E-state index contributed by atoms with van der Waals surface area (Å²) in [6.45, 7) is 4.17. The molecule has 0 saturated carbocycles. The Morgan fingerprint density at radius 3 is 2.14 bits per heavy atom. The number of carboxylic acid groups (broad SMARTS) is 2. The Bertz CT molecular complexity index is 1410. The fourth-order valence-corrected chi connectivity index (χ4v) is 5.34. The molecule has 3 aromatic carbocycles. The second kappa shape index (κ2) is 15.8. The van der Waals surface area contributed by atoms with Crippen LogP contribution in [0.4, 0.5) is 4.79 Å². The molecule has 12 heteroatoms. The van der Waals surface area contributed by atoms with Gasteiger partial charge in [0.05, 0.1) is 27.7 Å². The van der Waals surface area contributed by atoms with Crippen LogP contribution in [0.1, 0.15) is 50.6 Å². The molecular formula is C32H34Cl2N2O8. The second-order valence-corrected chi connectivity index (χ2v) is 11.4. The fourth-order valence-electron chi connectivity index (χ4n) is 5.04. The number of aromatic carboxylic acids is 2. The smallest absolute Gasteiger partial charge is 0.410 e. The van der Waals surface area contributed by atoms with Crippen LogP contribution in [0.2, 0.25) is 10.0 Å². The van der Waals surface area contributed by atoms with Crippen LogP contribution in [0.3, 0.4) is 0 Å². The van der Waals surface area contributed by atoms with Crippen molar-refractivity contribution in [1.82, 2.24) is 9.80 Å². The van der Waals surface area contributed by atoms with Crippen LogP contribution >= 0.6 is 23.2 Å². The van der Waals surface area contributed by atoms with Crippen LogP contribution in [0.25, 0.3) is 0 Å². The minimum absolute atomic E-state index is 0.0833. The van der Waals surface area contributed by atoms with Crippen molar-refractivity contribution in [2.24, 2.45) is 0 Å². The molecule has 2 saturated heterocycles. The number of ether oxygens (including phenoxy) is 2. The maximum absolute atomic E-state index is 11.6. The zero-order valence-corrected chi connectivity index (χ0v) is 25.4. The quantitative estimate of drug-likeness (QED) is 0.256. The monoisotopic (exact) mass is 644 g/mol. The topological polar surface area (TPSA) is 137 Å². The van der Waals surface area contributed by atoms with E-state index in [0.717, 1.165) is 31.5 Å². The van der Waals surface area contributed by atoms with Crippen molar-refractivity contribution in [1.29, 1.82) is 0 Å². The summed E-state index contributed by atoms with van der Waals surface area (Å²) < 4.78 is 10.8. The molecule has 0 radical (unpaired) electrons. The SMILES string of the molecule is O=C(O)c1ccc(C(=O)O)cc1.O=C1OCCN1Cc1cccc(OCC(O)CN2CCC(c3ccc(Cl)c(Cl)c3)CC2)c1. The predicted molar refractivity (Wildman–Crippen MR) is 165 cm³/mol. The molecule has 1 atom stereocenters. The zero-order chi connectivity index (χ0) is 31.6. The van der Waals surface area contributed by atoms with Gasteiger partial charge in [0.15, 0.2) is 0 Å². The van der Waals surface area contributed by atoms with Gasteiger partial charge in [-0.25, -0.2) is 14.4 Å². The summed E-state index contributed by atoms with van der Waals surface area (Å²) in [4.78, 5) is 36.2. The first-order chi connectivity index (χ1) is 21.1. The average Bonchev–Trinajstić information content (AvgIpc) is 3.42. The molecule has 0 aromatic heterocycles. The third-order valence-corrected chi connectivity index (χ3v) is 8.15. The summed E-state index contributed by atoms with van der Waals surface area (Å²) in [7, 11) is 0. The van der Waals surface area contributed by atoms with Gasteiger partial charge in [0.1, 0.15) is 25.1 Å². The summed E-state index contributed by atoms with van der Waals surface area (Å²) in [5, 5.41) is 28.6. The summed E-state index contributed by atoms with van der Waals surface area (Å²) in [5.41, 5.74) is 2.37. The van der Waals surface area contributed by atoms with Crippen LogP contribution in [0, 0.1) is 0 Å². The molecule has 44 heavy (non-hydrogen) atoms. The number of amides is 1. The maximum Gasteiger partial charge on any atom is 0.410 e. The van der Waals surface area contributed by atoms with E-state index < -0.39 is 18.0 Å². The van der Waals surface area contributed by atoms with Gasteiger partial charge >= 0.3 is 18.0 Å². The summed E-state index contributed by atoms with van der Waals surface area (Å²) in [6, 6.07) is 18.5. The number of aliphatic hydroxyl groups excluding tert-OH is 1. The highest BCUT2D eigenvalue weighted by Gasteiger charge is 2.24. The van der Waals surface area contributed by atoms with Crippen molar-refractivity contribution in [3.05, 3.63) is 99.0 Å². The van der Waals surface area contributed by atoms with E-state index in [4.69, 9.17) is 42.9 Å². The molecule has 234 valence electrons. The number of carbonyl (C=O) groups excluding carboxylic acids is 1. The van der Waals surface area contributed by atoms with Gasteiger partial charge < -0.3 is 34.6 Å². The molecule has 2 fully saturated rings. The van der Waals surface area contributed by atoms with Gasteiger partial charge in [0, 0.05) is 13.1 Å². The number of rotatable bonds is 10. The number of likely N-dealkylation sites (tertiary alicyclic amines) is 1. The number of aliphatic hydroxyl groups is 1. The highest BCUT2D eigenvalue weighted by molar-refractivity contribution is 6.42. The van der Waals surface area contributed by atoms with E-state index in [2.05, 4.69) is 11.0 Å². The van der Waals surface area contributed by atoms with E-state index >= 15 is 0 Å². The van der Waals surface area contributed by atoms with Crippen molar-refractivity contribution >= 4 is 41.2 Å². The molecule has 0 spiro atoms. The number of carboxylic acids is 2. The Morgan fingerprint density at radius 2 is 1.57 bits per heavy atom. The maximum atomic E-state index is 11.6. The lowest BCUT2D eigenvalue weighted by Crippen LogP contribution is -2.40. The zero-order valence-electron chi connectivity index (χ0n) is 23.9. The van der Waals surface area contributed by atoms with Crippen LogP contribution in [-0.4, -0.2) is 88.6 Å². The van der Waals surface area contributed by atoms with Crippen molar-refractivity contribution in [3.8, 4) is 5.75 Å². The number of nitrogens with zero attached hydrogens (tertiary/aromatic N) is 2. The summed E-state index contributed by atoms with van der Waals surface area (Å²) in [5.74, 6) is -0.976. The Kier molecular flexibility index (Phi) is 11.8. The Labute approximate surface area is 265 Å². The molecule has 2 aliphatic heterocycles. The molecule has 1 unspecified atom stereocenters.